The molecule has 94 valence electrons. The van der Waals surface area contributed by atoms with Crippen LogP contribution in [0.15, 0.2) is 54.6 Å². The highest BCUT2D eigenvalue weighted by Gasteiger charge is 2.14. The highest BCUT2D eigenvalue weighted by Crippen LogP contribution is 2.19. The van der Waals surface area contributed by atoms with E-state index in [1.165, 1.54) is 0 Å². The first kappa shape index (κ1) is 13.0. The van der Waals surface area contributed by atoms with Gasteiger partial charge in [0.1, 0.15) is 0 Å². The van der Waals surface area contributed by atoms with Gasteiger partial charge in [-0.1, -0.05) is 42.5 Å². The van der Waals surface area contributed by atoms with Gasteiger partial charge in [-0.25, -0.2) is 0 Å². The molecule has 3 nitrogen and oxygen atoms in total. The first-order valence-corrected chi connectivity index (χ1v) is 5.97. The SMILES string of the molecule is N#Cc1ccc(C(O)CC(=O)c2ccccc2)cc1. The predicted octanol–water partition coefficient (Wildman–Crippen LogP) is 2.86. The van der Waals surface area contributed by atoms with E-state index in [4.69, 9.17) is 5.26 Å². The van der Waals surface area contributed by atoms with Gasteiger partial charge < -0.3 is 5.11 Å². The minimum absolute atomic E-state index is 0.0376. The monoisotopic (exact) mass is 251 g/mol. The first-order chi connectivity index (χ1) is 9.20. The third kappa shape index (κ3) is 3.27. The van der Waals surface area contributed by atoms with Gasteiger partial charge in [0.05, 0.1) is 17.7 Å². The zero-order valence-corrected chi connectivity index (χ0v) is 10.3. The molecule has 1 atom stereocenters. The Morgan fingerprint density at radius 1 is 1.11 bits per heavy atom. The average molecular weight is 251 g/mol. The Bertz CT molecular complexity index is 597. The van der Waals surface area contributed by atoms with Crippen molar-refractivity contribution in [2.24, 2.45) is 0 Å². The summed E-state index contributed by atoms with van der Waals surface area (Å²) < 4.78 is 0. The van der Waals surface area contributed by atoms with Crippen molar-refractivity contribution in [2.75, 3.05) is 0 Å². The molecule has 2 aromatic carbocycles. The molecule has 1 N–H and O–H groups in total. The number of nitrogens with zero attached hydrogens (tertiary/aromatic N) is 1. The van der Waals surface area contributed by atoms with Gasteiger partial charge in [-0.2, -0.15) is 5.26 Å². The van der Waals surface area contributed by atoms with Crippen molar-refractivity contribution in [2.45, 2.75) is 12.5 Å². The van der Waals surface area contributed by atoms with Gasteiger partial charge in [-0.3, -0.25) is 4.79 Å². The number of hydrogen-bond acceptors (Lipinski definition) is 3. The van der Waals surface area contributed by atoms with Gasteiger partial charge >= 0.3 is 0 Å². The highest BCUT2D eigenvalue weighted by molar-refractivity contribution is 5.96. The van der Waals surface area contributed by atoms with Crippen molar-refractivity contribution in [1.82, 2.24) is 0 Å². The van der Waals surface area contributed by atoms with Crippen LogP contribution in [0.3, 0.4) is 0 Å². The molecule has 0 aromatic heterocycles. The van der Waals surface area contributed by atoms with E-state index < -0.39 is 6.10 Å². The lowest BCUT2D eigenvalue weighted by molar-refractivity contribution is 0.0880. The van der Waals surface area contributed by atoms with E-state index in [0.29, 0.717) is 16.7 Å². The number of aliphatic hydroxyl groups is 1. The number of carbonyl (C=O) groups is 1. The Kier molecular flexibility index (Phi) is 4.07. The Labute approximate surface area is 111 Å². The van der Waals surface area contributed by atoms with Crippen LogP contribution in [0.1, 0.15) is 34.0 Å². The summed E-state index contributed by atoms with van der Waals surface area (Å²) in [6.45, 7) is 0. The molecule has 0 aliphatic carbocycles. The van der Waals surface area contributed by atoms with Crippen molar-refractivity contribution in [1.29, 1.82) is 5.26 Å². The number of carbonyl (C=O) groups excluding carboxylic acids is 1. The summed E-state index contributed by atoms with van der Waals surface area (Å²) in [5.41, 5.74) is 1.77. The fraction of sp³-hybridized carbons (Fsp3) is 0.125. The molecular formula is C16H13NO2. The fourth-order valence-electron chi connectivity index (χ4n) is 1.82. The van der Waals surface area contributed by atoms with E-state index in [1.807, 2.05) is 12.1 Å². The molecule has 0 saturated heterocycles. The summed E-state index contributed by atoms with van der Waals surface area (Å²) in [6.07, 6.45) is -0.809. The molecule has 0 fully saturated rings. The van der Waals surface area contributed by atoms with Crippen molar-refractivity contribution in [3.8, 4) is 6.07 Å². The molecule has 3 heteroatoms. The third-order valence-corrected chi connectivity index (χ3v) is 2.90. The number of ketones is 1. The number of nitriles is 1. The number of Topliss-reactive ketones (excluding diaryl/α,β-unsaturated/α-hetero) is 1. The van der Waals surface area contributed by atoms with E-state index in [2.05, 4.69) is 0 Å². The second kappa shape index (κ2) is 5.94. The smallest absolute Gasteiger partial charge is 0.165 e. The molecule has 0 heterocycles. The topological polar surface area (TPSA) is 61.1 Å². The van der Waals surface area contributed by atoms with Crippen LogP contribution < -0.4 is 0 Å². The van der Waals surface area contributed by atoms with Gasteiger partial charge in [0.15, 0.2) is 5.78 Å². The van der Waals surface area contributed by atoms with E-state index in [9.17, 15) is 9.90 Å². The largest absolute Gasteiger partial charge is 0.388 e. The molecule has 0 radical (unpaired) electrons. The predicted molar refractivity (Wildman–Crippen MR) is 71.5 cm³/mol. The zero-order chi connectivity index (χ0) is 13.7. The van der Waals surface area contributed by atoms with Crippen LogP contribution in [-0.2, 0) is 0 Å². The molecule has 0 spiro atoms. The van der Waals surface area contributed by atoms with Crippen molar-refractivity contribution >= 4 is 5.78 Å². The van der Waals surface area contributed by atoms with Gasteiger partial charge in [0.25, 0.3) is 0 Å². The average Bonchev–Trinajstić information content (AvgIpc) is 2.48. The summed E-state index contributed by atoms with van der Waals surface area (Å²) in [7, 11) is 0. The van der Waals surface area contributed by atoms with Gasteiger partial charge in [0.2, 0.25) is 0 Å². The number of aliphatic hydroxyl groups excluding tert-OH is 1. The molecule has 0 bridgehead atoms. The Hall–Kier alpha value is -2.44. The third-order valence-electron chi connectivity index (χ3n) is 2.90. The molecule has 0 saturated carbocycles. The van der Waals surface area contributed by atoms with Crippen molar-refractivity contribution in [3.63, 3.8) is 0 Å². The van der Waals surface area contributed by atoms with E-state index in [-0.39, 0.29) is 12.2 Å². The van der Waals surface area contributed by atoms with Crippen molar-refractivity contribution < 1.29 is 9.90 Å². The Morgan fingerprint density at radius 2 is 1.74 bits per heavy atom. The van der Waals surface area contributed by atoms with Crippen LogP contribution >= 0.6 is 0 Å². The summed E-state index contributed by atoms with van der Waals surface area (Å²) in [5.74, 6) is -0.0996. The zero-order valence-electron chi connectivity index (χ0n) is 10.3. The molecule has 1 unspecified atom stereocenters. The second-order valence-electron chi connectivity index (χ2n) is 4.24. The lowest BCUT2D eigenvalue weighted by Gasteiger charge is -2.10. The minimum Gasteiger partial charge on any atom is -0.388 e. The van der Waals surface area contributed by atoms with Crippen LogP contribution in [0.4, 0.5) is 0 Å². The summed E-state index contributed by atoms with van der Waals surface area (Å²) in [4.78, 5) is 11.9. The quantitative estimate of drug-likeness (QED) is 0.850. The fourth-order valence-corrected chi connectivity index (χ4v) is 1.82. The van der Waals surface area contributed by atoms with Crippen LogP contribution in [0.25, 0.3) is 0 Å². The minimum atomic E-state index is -0.847. The van der Waals surface area contributed by atoms with Crippen LogP contribution in [-0.4, -0.2) is 10.9 Å². The van der Waals surface area contributed by atoms with Crippen LogP contribution in [0.2, 0.25) is 0 Å². The summed E-state index contributed by atoms with van der Waals surface area (Å²) in [5, 5.41) is 18.7. The van der Waals surface area contributed by atoms with Gasteiger partial charge in [-0.05, 0) is 17.7 Å². The summed E-state index contributed by atoms with van der Waals surface area (Å²) in [6, 6.07) is 17.5. The van der Waals surface area contributed by atoms with E-state index in [0.717, 1.165) is 0 Å². The van der Waals surface area contributed by atoms with Crippen LogP contribution in [0.5, 0.6) is 0 Å². The number of rotatable bonds is 4. The molecular weight excluding hydrogens is 238 g/mol. The number of benzene rings is 2. The van der Waals surface area contributed by atoms with Crippen molar-refractivity contribution in [3.05, 3.63) is 71.3 Å². The molecule has 0 amide bonds. The summed E-state index contributed by atoms with van der Waals surface area (Å²) >= 11 is 0. The Balaban J connectivity index is 2.06. The Morgan fingerprint density at radius 3 is 2.32 bits per heavy atom. The maximum absolute atomic E-state index is 11.9. The number of hydrogen-bond donors (Lipinski definition) is 1. The molecule has 0 aliphatic heterocycles. The van der Waals surface area contributed by atoms with Crippen LogP contribution in [0, 0.1) is 11.3 Å². The highest BCUT2D eigenvalue weighted by atomic mass is 16.3. The molecule has 2 aromatic rings. The molecule has 2 rings (SSSR count). The maximum Gasteiger partial charge on any atom is 0.165 e. The van der Waals surface area contributed by atoms with E-state index in [1.54, 1.807) is 48.5 Å². The normalized spacial score (nSPS) is 11.6. The van der Waals surface area contributed by atoms with Gasteiger partial charge in [0, 0.05) is 12.0 Å². The standard InChI is InChI=1S/C16H13NO2/c17-11-12-6-8-14(9-7-12)16(19)10-15(18)13-4-2-1-3-5-13/h1-9,16,19H,10H2. The second-order valence-corrected chi connectivity index (χ2v) is 4.24. The molecule has 19 heavy (non-hydrogen) atoms. The lowest BCUT2D eigenvalue weighted by Crippen LogP contribution is -2.07. The van der Waals surface area contributed by atoms with Gasteiger partial charge in [-0.15, -0.1) is 0 Å². The van der Waals surface area contributed by atoms with E-state index >= 15 is 0 Å². The maximum atomic E-state index is 11.9. The molecule has 0 aliphatic rings. The first-order valence-electron chi connectivity index (χ1n) is 5.97. The lowest BCUT2D eigenvalue weighted by atomic mass is 9.99.